The predicted molar refractivity (Wildman–Crippen MR) is 104 cm³/mol. The first-order valence-electron chi connectivity index (χ1n) is 9.48. The Balaban J connectivity index is 1.59. The lowest BCUT2D eigenvalue weighted by Gasteiger charge is -2.31. The van der Waals surface area contributed by atoms with Gasteiger partial charge in [-0.15, -0.1) is 0 Å². The number of aromatic nitrogens is 3. The summed E-state index contributed by atoms with van der Waals surface area (Å²) in [4.78, 5) is 39.3. The lowest BCUT2D eigenvalue weighted by molar-refractivity contribution is -0.130. The monoisotopic (exact) mass is 403 g/mol. The fraction of sp³-hybridized carbons (Fsp3) is 0.474. The average molecular weight is 403 g/mol. The number of piperidine rings is 1. The SMILES string of the molecule is COc1ccc(C(=O)NCCc2n[nH]c(=O)[nH]2)cc1OC1CCN(C(C)=O)CC1. The number of rotatable bonds is 7. The third kappa shape index (κ3) is 5.37. The number of hydrogen-bond donors (Lipinski definition) is 3. The summed E-state index contributed by atoms with van der Waals surface area (Å²) in [6.45, 7) is 3.19. The molecular formula is C19H25N5O5. The molecule has 0 radical (unpaired) electrons. The number of hydrogen-bond acceptors (Lipinski definition) is 6. The number of nitrogens with one attached hydrogen (secondary N) is 3. The molecule has 1 fully saturated rings. The minimum Gasteiger partial charge on any atom is -0.493 e. The normalized spacial score (nSPS) is 14.5. The van der Waals surface area contributed by atoms with E-state index in [1.807, 2.05) is 0 Å². The van der Waals surface area contributed by atoms with Crippen molar-refractivity contribution in [2.75, 3.05) is 26.7 Å². The molecule has 0 atom stereocenters. The van der Waals surface area contributed by atoms with Crippen molar-refractivity contribution in [3.05, 3.63) is 40.1 Å². The number of benzene rings is 1. The van der Waals surface area contributed by atoms with E-state index in [0.29, 0.717) is 48.9 Å². The van der Waals surface area contributed by atoms with E-state index in [1.165, 1.54) is 0 Å². The van der Waals surface area contributed by atoms with Gasteiger partial charge in [0, 0.05) is 51.4 Å². The Morgan fingerprint density at radius 3 is 2.66 bits per heavy atom. The van der Waals surface area contributed by atoms with Crippen molar-refractivity contribution < 1.29 is 19.1 Å². The molecule has 10 heteroatoms. The third-order valence-electron chi connectivity index (χ3n) is 4.80. The first kappa shape index (κ1) is 20.4. The maximum atomic E-state index is 12.5. The molecule has 0 aliphatic carbocycles. The van der Waals surface area contributed by atoms with Crippen molar-refractivity contribution >= 4 is 11.8 Å². The Labute approximate surface area is 167 Å². The van der Waals surface area contributed by atoms with Gasteiger partial charge in [0.1, 0.15) is 11.9 Å². The molecule has 0 unspecified atom stereocenters. The van der Waals surface area contributed by atoms with Crippen LogP contribution in [0.25, 0.3) is 0 Å². The van der Waals surface area contributed by atoms with Crippen LogP contribution in [0.3, 0.4) is 0 Å². The van der Waals surface area contributed by atoms with Crippen LogP contribution in [-0.4, -0.2) is 64.7 Å². The van der Waals surface area contributed by atoms with Gasteiger partial charge in [0.05, 0.1) is 7.11 Å². The zero-order valence-electron chi connectivity index (χ0n) is 16.5. The third-order valence-corrected chi connectivity index (χ3v) is 4.80. The van der Waals surface area contributed by atoms with E-state index in [9.17, 15) is 14.4 Å². The van der Waals surface area contributed by atoms with Crippen molar-refractivity contribution in [2.45, 2.75) is 32.3 Å². The van der Waals surface area contributed by atoms with Crippen LogP contribution in [-0.2, 0) is 11.2 Å². The maximum Gasteiger partial charge on any atom is 0.340 e. The highest BCUT2D eigenvalue weighted by Crippen LogP contribution is 2.30. The first-order valence-corrected chi connectivity index (χ1v) is 9.48. The zero-order valence-corrected chi connectivity index (χ0v) is 16.5. The number of amides is 2. The zero-order chi connectivity index (χ0) is 20.8. The molecule has 0 saturated carbocycles. The topological polar surface area (TPSA) is 129 Å². The van der Waals surface area contributed by atoms with Crippen LogP contribution in [0.4, 0.5) is 0 Å². The fourth-order valence-corrected chi connectivity index (χ4v) is 3.20. The van der Waals surface area contributed by atoms with E-state index < -0.39 is 0 Å². The number of ether oxygens (including phenoxy) is 2. The number of carbonyl (C=O) groups is 2. The lowest BCUT2D eigenvalue weighted by Crippen LogP contribution is -2.40. The molecule has 29 heavy (non-hydrogen) atoms. The summed E-state index contributed by atoms with van der Waals surface area (Å²) < 4.78 is 11.4. The second kappa shape index (κ2) is 9.26. The maximum absolute atomic E-state index is 12.5. The van der Waals surface area contributed by atoms with Gasteiger partial charge in [-0.25, -0.2) is 9.89 Å². The molecule has 2 heterocycles. The summed E-state index contributed by atoms with van der Waals surface area (Å²) in [5.74, 6) is 1.33. The minimum atomic E-state index is -0.377. The Bertz CT molecular complexity index is 914. The van der Waals surface area contributed by atoms with Crippen molar-refractivity contribution in [1.29, 1.82) is 0 Å². The summed E-state index contributed by atoms with van der Waals surface area (Å²) in [6.07, 6.45) is 1.80. The molecule has 156 valence electrons. The molecule has 1 aromatic carbocycles. The second-order valence-electron chi connectivity index (χ2n) is 6.82. The highest BCUT2D eigenvalue weighted by Gasteiger charge is 2.23. The molecule has 3 rings (SSSR count). The number of methoxy groups -OCH3 is 1. The Kier molecular flexibility index (Phi) is 6.53. The molecule has 0 bridgehead atoms. The molecule has 0 spiro atoms. The van der Waals surface area contributed by atoms with Gasteiger partial charge >= 0.3 is 5.69 Å². The first-order chi connectivity index (χ1) is 14.0. The molecule has 1 aliphatic heterocycles. The van der Waals surface area contributed by atoms with Gasteiger partial charge in [-0.2, -0.15) is 5.10 Å². The van der Waals surface area contributed by atoms with E-state index in [2.05, 4.69) is 20.5 Å². The highest BCUT2D eigenvalue weighted by molar-refractivity contribution is 5.94. The largest absolute Gasteiger partial charge is 0.493 e. The summed E-state index contributed by atoms with van der Waals surface area (Å²) in [5.41, 5.74) is 0.0647. The lowest BCUT2D eigenvalue weighted by atomic mass is 10.1. The highest BCUT2D eigenvalue weighted by atomic mass is 16.5. The number of H-pyrrole nitrogens is 2. The number of nitrogens with zero attached hydrogens (tertiary/aromatic N) is 2. The quantitative estimate of drug-likeness (QED) is 0.616. The summed E-state index contributed by atoms with van der Waals surface area (Å²) in [5, 5.41) is 8.87. The number of carbonyl (C=O) groups excluding carboxylic acids is 2. The fourth-order valence-electron chi connectivity index (χ4n) is 3.20. The van der Waals surface area contributed by atoms with Crippen LogP contribution < -0.4 is 20.5 Å². The van der Waals surface area contributed by atoms with Gasteiger partial charge in [-0.05, 0) is 18.2 Å². The predicted octanol–water partition coefficient (Wildman–Crippen LogP) is 0.469. The summed E-state index contributed by atoms with van der Waals surface area (Å²) >= 11 is 0. The van der Waals surface area contributed by atoms with E-state index in [-0.39, 0.29) is 23.6 Å². The molecular weight excluding hydrogens is 378 g/mol. The molecule has 1 aromatic heterocycles. The van der Waals surface area contributed by atoms with Crippen LogP contribution in [0.15, 0.2) is 23.0 Å². The van der Waals surface area contributed by atoms with Crippen molar-refractivity contribution in [3.63, 3.8) is 0 Å². The van der Waals surface area contributed by atoms with Gasteiger partial charge in [-0.3, -0.25) is 14.6 Å². The van der Waals surface area contributed by atoms with Crippen molar-refractivity contribution in [1.82, 2.24) is 25.4 Å². The van der Waals surface area contributed by atoms with Gasteiger partial charge in [-0.1, -0.05) is 0 Å². The van der Waals surface area contributed by atoms with Crippen molar-refractivity contribution in [3.8, 4) is 11.5 Å². The molecule has 2 amide bonds. The molecule has 2 aromatic rings. The standard InChI is InChI=1S/C19H25N5O5/c1-12(25)24-9-6-14(7-10-24)29-16-11-13(3-4-15(16)28-2)18(26)20-8-5-17-21-19(27)23-22-17/h3-4,11,14H,5-10H2,1-2H3,(H,20,26)(H2,21,22,23,27). The van der Waals surface area contributed by atoms with Gasteiger partial charge in [0.2, 0.25) is 5.91 Å². The van der Waals surface area contributed by atoms with Gasteiger partial charge < -0.3 is 19.7 Å². The second-order valence-corrected chi connectivity index (χ2v) is 6.82. The van der Waals surface area contributed by atoms with Crippen LogP contribution in [0, 0.1) is 0 Å². The van der Waals surface area contributed by atoms with Gasteiger partial charge in [0.15, 0.2) is 11.5 Å². The number of likely N-dealkylation sites (tertiary alicyclic amines) is 1. The molecule has 10 nitrogen and oxygen atoms in total. The minimum absolute atomic E-state index is 0.0469. The smallest absolute Gasteiger partial charge is 0.340 e. The average Bonchev–Trinajstić information content (AvgIpc) is 3.13. The Morgan fingerprint density at radius 2 is 2.03 bits per heavy atom. The van der Waals surface area contributed by atoms with E-state index in [1.54, 1.807) is 37.1 Å². The van der Waals surface area contributed by atoms with Gasteiger partial charge in [0.25, 0.3) is 5.91 Å². The van der Waals surface area contributed by atoms with Crippen molar-refractivity contribution in [2.24, 2.45) is 0 Å². The molecule has 1 aliphatic rings. The number of aromatic amines is 2. The molecule has 3 N–H and O–H groups in total. The van der Waals surface area contributed by atoms with Crippen LogP contribution in [0.2, 0.25) is 0 Å². The van der Waals surface area contributed by atoms with Crippen LogP contribution >= 0.6 is 0 Å². The summed E-state index contributed by atoms with van der Waals surface area (Å²) in [6, 6.07) is 5.01. The molecule has 1 saturated heterocycles. The van der Waals surface area contributed by atoms with E-state index >= 15 is 0 Å². The summed E-state index contributed by atoms with van der Waals surface area (Å²) in [7, 11) is 1.55. The Morgan fingerprint density at radius 1 is 1.28 bits per heavy atom. The van der Waals surface area contributed by atoms with E-state index in [0.717, 1.165) is 12.8 Å². The Hall–Kier alpha value is -3.30. The van der Waals surface area contributed by atoms with E-state index in [4.69, 9.17) is 9.47 Å². The van der Waals surface area contributed by atoms with Crippen LogP contribution in [0.5, 0.6) is 11.5 Å². The van der Waals surface area contributed by atoms with Crippen LogP contribution in [0.1, 0.15) is 35.9 Å².